The van der Waals surface area contributed by atoms with E-state index in [1.165, 1.54) is 61.6 Å². The molecule has 0 heterocycles. The summed E-state index contributed by atoms with van der Waals surface area (Å²) < 4.78 is 0. The van der Waals surface area contributed by atoms with Crippen molar-refractivity contribution < 1.29 is 0 Å². The molecule has 1 atom stereocenters. The van der Waals surface area contributed by atoms with Crippen molar-refractivity contribution >= 4 is 0 Å². The van der Waals surface area contributed by atoms with Crippen molar-refractivity contribution in [3.05, 3.63) is 34.9 Å². The third-order valence-corrected chi connectivity index (χ3v) is 5.51. The van der Waals surface area contributed by atoms with Crippen molar-refractivity contribution in [1.29, 1.82) is 0 Å². The molecule has 1 aromatic rings. The summed E-state index contributed by atoms with van der Waals surface area (Å²) in [5, 5.41) is 0. The van der Waals surface area contributed by atoms with E-state index in [9.17, 15) is 0 Å². The standard InChI is InChI=1S/C20H33N/c1-4-5-6-17-9-11-19(12-10-17)20(21)14-18-8-7-15(2)16(3)13-18/h7-8,13,17,19-20H,4-6,9-12,14,21H2,1-3H3. The molecule has 0 aromatic heterocycles. The maximum absolute atomic E-state index is 6.51. The van der Waals surface area contributed by atoms with Crippen LogP contribution in [0.4, 0.5) is 0 Å². The Bertz CT molecular complexity index is 429. The molecule has 0 bridgehead atoms. The molecular weight excluding hydrogens is 254 g/mol. The van der Waals surface area contributed by atoms with Crippen molar-refractivity contribution in [2.45, 2.75) is 78.2 Å². The topological polar surface area (TPSA) is 26.0 Å². The zero-order valence-electron chi connectivity index (χ0n) is 14.2. The molecule has 1 nitrogen and oxygen atoms in total. The van der Waals surface area contributed by atoms with E-state index in [1.807, 2.05) is 0 Å². The molecule has 1 aliphatic rings. The molecule has 21 heavy (non-hydrogen) atoms. The van der Waals surface area contributed by atoms with Crippen LogP contribution < -0.4 is 5.73 Å². The van der Waals surface area contributed by atoms with Gasteiger partial charge in [0.05, 0.1) is 0 Å². The highest BCUT2D eigenvalue weighted by Gasteiger charge is 2.25. The van der Waals surface area contributed by atoms with Crippen LogP contribution in [0.25, 0.3) is 0 Å². The number of unbranched alkanes of at least 4 members (excludes halogenated alkanes) is 1. The summed E-state index contributed by atoms with van der Waals surface area (Å²) in [4.78, 5) is 0. The smallest absolute Gasteiger partial charge is 0.0108 e. The van der Waals surface area contributed by atoms with Crippen molar-refractivity contribution in [3.63, 3.8) is 0 Å². The summed E-state index contributed by atoms with van der Waals surface area (Å²) in [6.45, 7) is 6.67. The highest BCUT2D eigenvalue weighted by atomic mass is 14.6. The van der Waals surface area contributed by atoms with Crippen LogP contribution in [-0.2, 0) is 6.42 Å². The van der Waals surface area contributed by atoms with Gasteiger partial charge in [0.1, 0.15) is 0 Å². The lowest BCUT2D eigenvalue weighted by Crippen LogP contribution is -2.35. The third kappa shape index (κ3) is 4.85. The van der Waals surface area contributed by atoms with E-state index in [0.29, 0.717) is 6.04 Å². The lowest BCUT2D eigenvalue weighted by molar-refractivity contribution is 0.231. The Hall–Kier alpha value is -0.820. The summed E-state index contributed by atoms with van der Waals surface area (Å²) >= 11 is 0. The summed E-state index contributed by atoms with van der Waals surface area (Å²) in [5.41, 5.74) is 10.7. The molecule has 1 fully saturated rings. The van der Waals surface area contributed by atoms with Gasteiger partial charge in [0.15, 0.2) is 0 Å². The SMILES string of the molecule is CCCCC1CCC(C(N)Cc2ccc(C)c(C)c2)CC1. The monoisotopic (exact) mass is 287 g/mol. The molecule has 2 N–H and O–H groups in total. The van der Waals surface area contributed by atoms with Gasteiger partial charge in [-0.3, -0.25) is 0 Å². The van der Waals surface area contributed by atoms with Crippen LogP contribution in [0.15, 0.2) is 18.2 Å². The van der Waals surface area contributed by atoms with Gasteiger partial charge in [-0.25, -0.2) is 0 Å². The molecule has 0 aliphatic heterocycles. The highest BCUT2D eigenvalue weighted by molar-refractivity contribution is 5.30. The van der Waals surface area contributed by atoms with E-state index in [4.69, 9.17) is 5.73 Å². The van der Waals surface area contributed by atoms with Gasteiger partial charge in [-0.2, -0.15) is 0 Å². The van der Waals surface area contributed by atoms with Crippen LogP contribution in [0.2, 0.25) is 0 Å². The number of aryl methyl sites for hydroxylation is 2. The number of rotatable bonds is 6. The number of hydrogen-bond acceptors (Lipinski definition) is 1. The average molecular weight is 287 g/mol. The Balaban J connectivity index is 1.81. The lowest BCUT2D eigenvalue weighted by Gasteiger charge is -2.32. The quantitative estimate of drug-likeness (QED) is 0.767. The van der Waals surface area contributed by atoms with Gasteiger partial charge in [0, 0.05) is 6.04 Å². The van der Waals surface area contributed by atoms with Crippen LogP contribution in [0.1, 0.15) is 68.6 Å². The Morgan fingerprint density at radius 2 is 1.81 bits per heavy atom. The van der Waals surface area contributed by atoms with E-state index in [-0.39, 0.29) is 0 Å². The van der Waals surface area contributed by atoms with Crippen LogP contribution >= 0.6 is 0 Å². The molecule has 1 aliphatic carbocycles. The lowest BCUT2D eigenvalue weighted by atomic mass is 9.76. The summed E-state index contributed by atoms with van der Waals surface area (Å²) in [6, 6.07) is 7.16. The Morgan fingerprint density at radius 1 is 1.10 bits per heavy atom. The first kappa shape index (κ1) is 16.5. The minimum absolute atomic E-state index is 0.347. The fraction of sp³-hybridized carbons (Fsp3) is 0.700. The van der Waals surface area contributed by atoms with Crippen molar-refractivity contribution in [2.24, 2.45) is 17.6 Å². The normalized spacial score (nSPS) is 24.0. The fourth-order valence-electron chi connectivity index (χ4n) is 3.77. The number of nitrogens with two attached hydrogens (primary N) is 1. The van der Waals surface area contributed by atoms with Gasteiger partial charge in [-0.1, -0.05) is 57.2 Å². The molecule has 118 valence electrons. The number of hydrogen-bond donors (Lipinski definition) is 1. The van der Waals surface area contributed by atoms with Crippen molar-refractivity contribution in [1.82, 2.24) is 0 Å². The minimum atomic E-state index is 0.347. The Labute approximate surface area is 131 Å². The van der Waals surface area contributed by atoms with E-state index < -0.39 is 0 Å². The van der Waals surface area contributed by atoms with Gasteiger partial charge >= 0.3 is 0 Å². The van der Waals surface area contributed by atoms with Crippen LogP contribution in [0.5, 0.6) is 0 Å². The highest BCUT2D eigenvalue weighted by Crippen LogP contribution is 2.33. The Morgan fingerprint density at radius 3 is 2.43 bits per heavy atom. The first-order valence-corrected chi connectivity index (χ1v) is 8.91. The van der Waals surface area contributed by atoms with Gasteiger partial charge in [0.25, 0.3) is 0 Å². The molecule has 1 unspecified atom stereocenters. The van der Waals surface area contributed by atoms with E-state index in [1.54, 1.807) is 0 Å². The zero-order valence-corrected chi connectivity index (χ0v) is 14.2. The maximum atomic E-state index is 6.51. The van der Waals surface area contributed by atoms with E-state index in [2.05, 4.69) is 39.0 Å². The molecule has 2 rings (SSSR count). The molecule has 0 saturated heterocycles. The minimum Gasteiger partial charge on any atom is -0.327 e. The first-order valence-electron chi connectivity index (χ1n) is 8.91. The Kier molecular flexibility index (Phi) is 6.29. The van der Waals surface area contributed by atoms with Gasteiger partial charge in [-0.15, -0.1) is 0 Å². The molecule has 1 aromatic carbocycles. The second-order valence-electron chi connectivity index (χ2n) is 7.21. The third-order valence-electron chi connectivity index (χ3n) is 5.51. The fourth-order valence-corrected chi connectivity index (χ4v) is 3.77. The van der Waals surface area contributed by atoms with Crippen molar-refractivity contribution in [2.75, 3.05) is 0 Å². The summed E-state index contributed by atoms with van der Waals surface area (Å²) in [5.74, 6) is 1.72. The van der Waals surface area contributed by atoms with Gasteiger partial charge in [-0.05, 0) is 61.6 Å². The second-order valence-corrected chi connectivity index (χ2v) is 7.21. The van der Waals surface area contributed by atoms with Crippen LogP contribution in [-0.4, -0.2) is 6.04 Å². The van der Waals surface area contributed by atoms with E-state index in [0.717, 1.165) is 18.3 Å². The molecule has 0 amide bonds. The van der Waals surface area contributed by atoms with E-state index >= 15 is 0 Å². The predicted octanol–water partition coefficient (Wildman–Crippen LogP) is 5.17. The maximum Gasteiger partial charge on any atom is 0.0108 e. The molecule has 1 saturated carbocycles. The molecule has 1 heteroatoms. The van der Waals surface area contributed by atoms with Gasteiger partial charge in [0.2, 0.25) is 0 Å². The summed E-state index contributed by atoms with van der Waals surface area (Å²) in [6.07, 6.45) is 10.7. The first-order chi connectivity index (χ1) is 10.1. The molecule has 0 radical (unpaired) electrons. The van der Waals surface area contributed by atoms with Crippen LogP contribution in [0.3, 0.4) is 0 Å². The van der Waals surface area contributed by atoms with Gasteiger partial charge < -0.3 is 5.73 Å². The number of benzene rings is 1. The van der Waals surface area contributed by atoms with Crippen LogP contribution in [0, 0.1) is 25.7 Å². The zero-order chi connectivity index (χ0) is 15.2. The average Bonchev–Trinajstić information content (AvgIpc) is 2.49. The molecular formula is C20H33N. The largest absolute Gasteiger partial charge is 0.327 e. The second kappa shape index (κ2) is 7.98. The molecule has 0 spiro atoms. The van der Waals surface area contributed by atoms with Crippen molar-refractivity contribution in [3.8, 4) is 0 Å². The summed E-state index contributed by atoms with van der Waals surface area (Å²) in [7, 11) is 0. The predicted molar refractivity (Wildman–Crippen MR) is 92.6 cm³/mol.